The molecule has 1 aromatic rings. The van der Waals surface area contributed by atoms with Crippen LogP contribution in [0.25, 0.3) is 0 Å². The van der Waals surface area contributed by atoms with Gasteiger partial charge < -0.3 is 10.1 Å². The first kappa shape index (κ1) is 15.1. The van der Waals surface area contributed by atoms with Crippen LogP contribution >= 0.6 is 0 Å². The van der Waals surface area contributed by atoms with Crippen molar-refractivity contribution in [1.29, 1.82) is 0 Å². The van der Waals surface area contributed by atoms with Crippen LogP contribution in [0.4, 0.5) is 0 Å². The van der Waals surface area contributed by atoms with Gasteiger partial charge in [0.1, 0.15) is 0 Å². The molecule has 0 fully saturated rings. The summed E-state index contributed by atoms with van der Waals surface area (Å²) in [5.41, 5.74) is 1.01. The summed E-state index contributed by atoms with van der Waals surface area (Å²) in [5, 5.41) is 11.7. The quantitative estimate of drug-likeness (QED) is 0.720. The van der Waals surface area contributed by atoms with Crippen molar-refractivity contribution in [3.63, 3.8) is 0 Å². The lowest BCUT2D eigenvalue weighted by Crippen LogP contribution is -2.22. The molecule has 1 aromatic heterocycles. The molecular weight excluding hydrogens is 228 g/mol. The highest BCUT2D eigenvalue weighted by Crippen LogP contribution is 2.11. The van der Waals surface area contributed by atoms with Gasteiger partial charge in [0.15, 0.2) is 0 Å². The molecule has 1 rings (SSSR count). The van der Waals surface area contributed by atoms with Crippen molar-refractivity contribution in [2.24, 2.45) is 0 Å². The molecule has 0 aliphatic carbocycles. The average molecular weight is 254 g/mol. The molecule has 0 atom stereocenters. The van der Waals surface area contributed by atoms with Crippen LogP contribution in [0.5, 0.6) is 0 Å². The summed E-state index contributed by atoms with van der Waals surface area (Å²) in [5.74, 6) is 0. The minimum atomic E-state index is 0.00536. The zero-order chi connectivity index (χ0) is 13.4. The SMILES string of the molecule is COCCCCCNCc1cn(C(C)(C)C)nn1. The normalized spacial score (nSPS) is 12.0. The van der Waals surface area contributed by atoms with Crippen molar-refractivity contribution >= 4 is 0 Å². The summed E-state index contributed by atoms with van der Waals surface area (Å²) in [7, 11) is 1.75. The molecule has 1 heterocycles. The largest absolute Gasteiger partial charge is 0.385 e. The number of ether oxygens (including phenoxy) is 1. The Morgan fingerprint density at radius 1 is 1.28 bits per heavy atom. The molecule has 0 aliphatic rings. The summed E-state index contributed by atoms with van der Waals surface area (Å²) in [4.78, 5) is 0. The first-order chi connectivity index (χ1) is 8.54. The molecule has 0 aliphatic heterocycles. The summed E-state index contributed by atoms with van der Waals surface area (Å²) in [6.45, 7) is 9.03. The van der Waals surface area contributed by atoms with Gasteiger partial charge in [0.25, 0.3) is 0 Å². The number of methoxy groups -OCH3 is 1. The molecule has 1 N–H and O–H groups in total. The predicted molar refractivity (Wildman–Crippen MR) is 72.5 cm³/mol. The molecule has 0 amide bonds. The van der Waals surface area contributed by atoms with E-state index >= 15 is 0 Å². The molecule has 5 nitrogen and oxygen atoms in total. The molecule has 104 valence electrons. The topological polar surface area (TPSA) is 52.0 Å². The van der Waals surface area contributed by atoms with E-state index in [9.17, 15) is 0 Å². The maximum absolute atomic E-state index is 5.01. The number of nitrogens with one attached hydrogen (secondary N) is 1. The number of nitrogens with zero attached hydrogens (tertiary/aromatic N) is 3. The van der Waals surface area contributed by atoms with Gasteiger partial charge in [-0.3, -0.25) is 0 Å². The summed E-state index contributed by atoms with van der Waals surface area (Å²) in [6, 6.07) is 0. The van der Waals surface area contributed by atoms with Crippen LogP contribution in [0.15, 0.2) is 6.20 Å². The standard InChI is InChI=1S/C13H26N4O/c1-13(2,3)17-11-12(15-16-17)10-14-8-6-5-7-9-18-4/h11,14H,5-10H2,1-4H3. The average Bonchev–Trinajstić information content (AvgIpc) is 2.76. The van der Waals surface area contributed by atoms with Crippen LogP contribution < -0.4 is 5.32 Å². The first-order valence-electron chi connectivity index (χ1n) is 6.65. The van der Waals surface area contributed by atoms with Crippen molar-refractivity contribution < 1.29 is 4.74 Å². The zero-order valence-corrected chi connectivity index (χ0v) is 12.1. The minimum Gasteiger partial charge on any atom is -0.385 e. The Balaban J connectivity index is 2.14. The fraction of sp³-hybridized carbons (Fsp3) is 0.846. The number of rotatable bonds is 8. The summed E-state index contributed by atoms with van der Waals surface area (Å²) < 4.78 is 6.92. The van der Waals surface area contributed by atoms with E-state index in [1.807, 2.05) is 10.9 Å². The highest BCUT2D eigenvalue weighted by molar-refractivity contribution is 4.93. The molecule has 0 spiro atoms. The lowest BCUT2D eigenvalue weighted by atomic mass is 10.1. The number of unbranched alkanes of at least 4 members (excludes halogenated alkanes) is 2. The predicted octanol–water partition coefficient (Wildman–Crippen LogP) is 1.94. The second-order valence-corrected chi connectivity index (χ2v) is 5.56. The van der Waals surface area contributed by atoms with Gasteiger partial charge in [-0.25, -0.2) is 4.68 Å². The minimum absolute atomic E-state index is 0.00536. The van der Waals surface area contributed by atoms with Crippen LogP contribution in [0.3, 0.4) is 0 Å². The Morgan fingerprint density at radius 2 is 2.06 bits per heavy atom. The number of hydrogen-bond acceptors (Lipinski definition) is 4. The Kier molecular flexibility index (Phi) is 6.29. The van der Waals surface area contributed by atoms with Gasteiger partial charge >= 0.3 is 0 Å². The van der Waals surface area contributed by atoms with Crippen molar-refractivity contribution in [2.45, 2.75) is 52.1 Å². The van der Waals surface area contributed by atoms with Gasteiger partial charge in [0.05, 0.1) is 17.4 Å². The lowest BCUT2D eigenvalue weighted by Gasteiger charge is -2.17. The van der Waals surface area contributed by atoms with E-state index in [2.05, 4.69) is 36.4 Å². The third kappa shape index (κ3) is 5.60. The van der Waals surface area contributed by atoms with Crippen LogP contribution in [0.1, 0.15) is 45.7 Å². The second kappa shape index (κ2) is 7.48. The molecule has 0 aromatic carbocycles. The molecule has 0 radical (unpaired) electrons. The molecule has 0 bridgehead atoms. The van der Waals surface area contributed by atoms with Gasteiger partial charge in [-0.05, 0) is 46.6 Å². The second-order valence-electron chi connectivity index (χ2n) is 5.56. The lowest BCUT2D eigenvalue weighted by molar-refractivity contribution is 0.192. The van der Waals surface area contributed by atoms with E-state index in [0.29, 0.717) is 0 Å². The highest BCUT2D eigenvalue weighted by atomic mass is 16.5. The fourth-order valence-corrected chi connectivity index (χ4v) is 1.60. The van der Waals surface area contributed by atoms with Gasteiger partial charge in [0.2, 0.25) is 0 Å². The van der Waals surface area contributed by atoms with E-state index in [0.717, 1.165) is 31.8 Å². The zero-order valence-electron chi connectivity index (χ0n) is 12.1. The van der Waals surface area contributed by atoms with Gasteiger partial charge in [-0.2, -0.15) is 0 Å². The monoisotopic (exact) mass is 254 g/mol. The van der Waals surface area contributed by atoms with Crippen molar-refractivity contribution in [3.8, 4) is 0 Å². The first-order valence-corrected chi connectivity index (χ1v) is 6.65. The molecule has 5 heteroatoms. The van der Waals surface area contributed by atoms with Gasteiger partial charge in [-0.15, -0.1) is 5.10 Å². The maximum atomic E-state index is 5.01. The van der Waals surface area contributed by atoms with E-state index in [1.54, 1.807) is 7.11 Å². The fourth-order valence-electron chi connectivity index (χ4n) is 1.60. The van der Waals surface area contributed by atoms with Gasteiger partial charge in [-0.1, -0.05) is 5.21 Å². The van der Waals surface area contributed by atoms with Crippen LogP contribution in [-0.2, 0) is 16.8 Å². The summed E-state index contributed by atoms with van der Waals surface area (Å²) in [6.07, 6.45) is 5.53. The summed E-state index contributed by atoms with van der Waals surface area (Å²) >= 11 is 0. The van der Waals surface area contributed by atoms with E-state index in [1.165, 1.54) is 12.8 Å². The Hall–Kier alpha value is -0.940. The molecule has 0 saturated heterocycles. The van der Waals surface area contributed by atoms with Crippen molar-refractivity contribution in [3.05, 3.63) is 11.9 Å². The Labute approximate surface area is 110 Å². The maximum Gasteiger partial charge on any atom is 0.0965 e. The molecule has 0 saturated carbocycles. The van der Waals surface area contributed by atoms with Gasteiger partial charge in [0, 0.05) is 20.3 Å². The number of hydrogen-bond donors (Lipinski definition) is 1. The Bertz CT molecular complexity index is 330. The third-order valence-corrected chi connectivity index (χ3v) is 2.74. The molecular formula is C13H26N4O. The molecule has 0 unspecified atom stereocenters. The number of aromatic nitrogens is 3. The Morgan fingerprint density at radius 3 is 2.67 bits per heavy atom. The van der Waals surface area contributed by atoms with Crippen LogP contribution in [0.2, 0.25) is 0 Å². The van der Waals surface area contributed by atoms with Crippen LogP contribution in [-0.4, -0.2) is 35.3 Å². The van der Waals surface area contributed by atoms with E-state index in [-0.39, 0.29) is 5.54 Å². The van der Waals surface area contributed by atoms with Crippen molar-refractivity contribution in [1.82, 2.24) is 20.3 Å². The van der Waals surface area contributed by atoms with Crippen molar-refractivity contribution in [2.75, 3.05) is 20.3 Å². The smallest absolute Gasteiger partial charge is 0.0965 e. The molecule has 18 heavy (non-hydrogen) atoms. The van der Waals surface area contributed by atoms with Crippen LogP contribution in [0, 0.1) is 0 Å². The third-order valence-electron chi connectivity index (χ3n) is 2.74. The van der Waals surface area contributed by atoms with E-state index in [4.69, 9.17) is 4.74 Å². The van der Waals surface area contributed by atoms with E-state index < -0.39 is 0 Å². The highest BCUT2D eigenvalue weighted by Gasteiger charge is 2.14.